The molecule has 0 aliphatic heterocycles. The first-order valence-electron chi connectivity index (χ1n) is 1.07. The zero-order chi connectivity index (χ0) is 5.21. The quantitative estimate of drug-likeness (QED) is 0.411. The summed E-state index contributed by atoms with van der Waals surface area (Å²) in [4.78, 5) is 0. The van der Waals surface area contributed by atoms with Crippen LogP contribution in [0.3, 0.4) is 0 Å². The van der Waals surface area contributed by atoms with Gasteiger partial charge >= 0.3 is 41.0 Å². The van der Waals surface area contributed by atoms with E-state index in [-0.39, 0.29) is 0 Å². The summed E-state index contributed by atoms with van der Waals surface area (Å²) in [6.07, 6.45) is 0. The van der Waals surface area contributed by atoms with Crippen LogP contribution in [0.2, 0.25) is 0 Å². The summed E-state index contributed by atoms with van der Waals surface area (Å²) in [5.41, 5.74) is 0. The molecule has 0 spiro atoms. The molecule has 0 saturated heterocycles. The zero-order valence-electron chi connectivity index (χ0n) is 2.76. The Morgan fingerprint density at radius 3 is 1.83 bits per heavy atom. The number of halogens is 1. The SMILES string of the molecule is O=[S](=O)(O)[GaH][F]. The fourth-order valence-corrected chi connectivity index (χ4v) is 0. The normalized spacial score (nSPS) is 11.0. The van der Waals surface area contributed by atoms with E-state index in [0.29, 0.717) is 0 Å². The molecule has 0 unspecified atom stereocenters. The topological polar surface area (TPSA) is 54.4 Å². The zero-order valence-corrected chi connectivity index (χ0v) is 6.54. The summed E-state index contributed by atoms with van der Waals surface area (Å²) in [5.74, 6) is 0. The first-order valence-corrected chi connectivity index (χ1v) is 7.44. The van der Waals surface area contributed by atoms with Gasteiger partial charge in [-0.05, 0) is 0 Å². The fraction of sp³-hybridized carbons (Fsp3) is 0. The van der Waals surface area contributed by atoms with Crippen LogP contribution in [0.5, 0.6) is 0 Å². The first-order chi connectivity index (χ1) is 2.56. The molecule has 0 rings (SSSR count). The molecule has 0 radical (unpaired) electrons. The Morgan fingerprint density at radius 2 is 1.83 bits per heavy atom. The molecule has 0 aromatic carbocycles. The van der Waals surface area contributed by atoms with Crippen LogP contribution in [-0.2, 0) is 8.05 Å². The molecular weight excluding hydrogens is 169 g/mol. The predicted molar refractivity (Wildman–Crippen MR) is 19.8 cm³/mol. The van der Waals surface area contributed by atoms with Crippen molar-refractivity contribution in [2.45, 2.75) is 0 Å². The Hall–Kier alpha value is 0.476. The van der Waals surface area contributed by atoms with Crippen LogP contribution in [0.4, 0.5) is 3.29 Å². The van der Waals surface area contributed by atoms with Crippen molar-refractivity contribution in [1.29, 1.82) is 0 Å². The van der Waals surface area contributed by atoms with Crippen LogP contribution >= 0.6 is 0 Å². The second-order valence-corrected chi connectivity index (χ2v) is 8.04. The van der Waals surface area contributed by atoms with E-state index in [0.717, 1.165) is 0 Å². The van der Waals surface area contributed by atoms with Crippen LogP contribution in [-0.4, -0.2) is 29.7 Å². The van der Waals surface area contributed by atoms with E-state index in [1.54, 1.807) is 0 Å². The van der Waals surface area contributed by atoms with Crippen LogP contribution in [0, 0.1) is 0 Å². The maximum absolute atomic E-state index is 10.8. The molecule has 6 heavy (non-hydrogen) atoms. The van der Waals surface area contributed by atoms with Crippen molar-refractivity contribution in [2.24, 2.45) is 0 Å². The molecule has 0 heterocycles. The monoisotopic (exact) mass is 170 g/mol. The summed E-state index contributed by atoms with van der Waals surface area (Å²) >= 11 is -3.08. The maximum atomic E-state index is 10.8. The van der Waals surface area contributed by atoms with Crippen LogP contribution in [0.25, 0.3) is 0 Å². The van der Waals surface area contributed by atoms with Gasteiger partial charge in [-0.3, -0.25) is 0 Å². The molecule has 0 aromatic rings. The molecule has 0 atom stereocenters. The van der Waals surface area contributed by atoms with Crippen molar-refractivity contribution in [2.75, 3.05) is 0 Å². The van der Waals surface area contributed by atoms with E-state index in [9.17, 15) is 11.7 Å². The Labute approximate surface area is 41.5 Å². The van der Waals surface area contributed by atoms with E-state index >= 15 is 0 Å². The summed E-state index contributed by atoms with van der Waals surface area (Å²) < 4.78 is 36.9. The van der Waals surface area contributed by atoms with Gasteiger partial charge in [-0.1, -0.05) is 0 Å². The van der Waals surface area contributed by atoms with E-state index in [4.69, 9.17) is 4.55 Å². The average Bonchev–Trinajstić information content (AvgIpc) is 1.35. The fourth-order valence-electron chi connectivity index (χ4n) is 0. The molecule has 0 aromatic heterocycles. The van der Waals surface area contributed by atoms with Crippen molar-refractivity contribution >= 4 is 24.7 Å². The van der Waals surface area contributed by atoms with Crippen LogP contribution in [0.1, 0.15) is 0 Å². The molecule has 0 saturated carbocycles. The van der Waals surface area contributed by atoms with Crippen molar-refractivity contribution in [3.63, 3.8) is 0 Å². The molecule has 0 aliphatic rings. The number of hydrogen-bond donors (Lipinski definition) is 1. The second kappa shape index (κ2) is 1.96. The van der Waals surface area contributed by atoms with Gasteiger partial charge in [-0.2, -0.15) is 0 Å². The third-order valence-corrected chi connectivity index (χ3v) is 2.15. The van der Waals surface area contributed by atoms with E-state index in [1.165, 1.54) is 0 Å². The Kier molecular flexibility index (Phi) is 2.12. The molecule has 0 fully saturated rings. The molecule has 0 bridgehead atoms. The van der Waals surface area contributed by atoms with E-state index in [2.05, 4.69) is 0 Å². The third kappa shape index (κ3) is 4.48. The molecule has 3 nitrogen and oxygen atoms in total. The summed E-state index contributed by atoms with van der Waals surface area (Å²) in [6.45, 7) is 0. The minimum atomic E-state index is -4.14. The Balaban J connectivity index is 3.85. The third-order valence-electron chi connectivity index (χ3n) is 0.138. The van der Waals surface area contributed by atoms with Crippen molar-refractivity contribution in [1.82, 2.24) is 0 Å². The summed E-state index contributed by atoms with van der Waals surface area (Å²) in [6, 6.07) is 0. The molecule has 0 amide bonds. The summed E-state index contributed by atoms with van der Waals surface area (Å²) in [7, 11) is -4.14. The van der Waals surface area contributed by atoms with E-state index in [1.807, 2.05) is 0 Å². The number of hydrogen-bond acceptors (Lipinski definition) is 2. The van der Waals surface area contributed by atoms with Crippen molar-refractivity contribution < 1.29 is 16.3 Å². The van der Waals surface area contributed by atoms with Crippen molar-refractivity contribution in [3.05, 3.63) is 0 Å². The molecule has 0 aliphatic carbocycles. The standard InChI is InChI=1S/FH.Ga.HO3S.H/c;;1-4(2)3;/h1H;;(H,1,2,3);/q;+1;;/p-1. The predicted octanol–water partition coefficient (Wildman–Crippen LogP) is -0.890. The van der Waals surface area contributed by atoms with Gasteiger partial charge in [0.25, 0.3) is 0 Å². The van der Waals surface area contributed by atoms with Gasteiger partial charge in [0, 0.05) is 0 Å². The summed E-state index contributed by atoms with van der Waals surface area (Å²) in [5, 5.41) is 0. The Morgan fingerprint density at radius 1 is 1.67 bits per heavy atom. The van der Waals surface area contributed by atoms with Crippen LogP contribution in [0.15, 0.2) is 0 Å². The van der Waals surface area contributed by atoms with Gasteiger partial charge in [0.2, 0.25) is 0 Å². The van der Waals surface area contributed by atoms with E-state index < -0.39 is 24.7 Å². The Bertz CT molecular complexity index is 113. The molecule has 6 heteroatoms. The van der Waals surface area contributed by atoms with Crippen molar-refractivity contribution in [3.8, 4) is 0 Å². The van der Waals surface area contributed by atoms with Gasteiger partial charge in [0.15, 0.2) is 0 Å². The van der Waals surface area contributed by atoms with Gasteiger partial charge in [0.1, 0.15) is 0 Å². The minimum absolute atomic E-state index is 3.08. The first kappa shape index (κ1) is 6.48. The molecule has 36 valence electrons. The number of rotatable bonds is 1. The average molecular weight is 171 g/mol. The molecule has 1 N–H and O–H groups in total. The van der Waals surface area contributed by atoms with Gasteiger partial charge in [0.05, 0.1) is 0 Å². The van der Waals surface area contributed by atoms with Gasteiger partial charge in [-0.25, -0.2) is 0 Å². The molecular formula is H2FGaO3S. The van der Waals surface area contributed by atoms with Gasteiger partial charge < -0.3 is 0 Å². The second-order valence-electron chi connectivity index (χ2n) is 0.691. The van der Waals surface area contributed by atoms with Crippen LogP contribution < -0.4 is 0 Å². The van der Waals surface area contributed by atoms with Gasteiger partial charge in [-0.15, -0.1) is 0 Å².